The number of carbonyl (C=O) groups is 3. The van der Waals surface area contributed by atoms with Crippen molar-refractivity contribution < 1.29 is 19.5 Å². The van der Waals surface area contributed by atoms with Crippen LogP contribution in [0.25, 0.3) is 0 Å². The molecule has 7 heteroatoms. The second-order valence-electron chi connectivity index (χ2n) is 4.69. The van der Waals surface area contributed by atoms with E-state index >= 15 is 0 Å². The van der Waals surface area contributed by atoms with Crippen LogP contribution in [0.5, 0.6) is 0 Å². The van der Waals surface area contributed by atoms with Crippen molar-refractivity contribution >= 4 is 17.9 Å². The van der Waals surface area contributed by atoms with E-state index in [2.05, 4.69) is 10.6 Å². The highest BCUT2D eigenvalue weighted by molar-refractivity contribution is 5.83. The third-order valence-electron chi connectivity index (χ3n) is 3.14. The summed E-state index contributed by atoms with van der Waals surface area (Å²) in [7, 11) is 0. The lowest BCUT2D eigenvalue weighted by Gasteiger charge is -2.21. The Morgan fingerprint density at radius 2 is 1.79 bits per heavy atom. The van der Waals surface area contributed by atoms with Crippen LogP contribution in [0.4, 0.5) is 4.79 Å². The lowest BCUT2D eigenvalue weighted by atomic mass is 10.0. The molecule has 5 N–H and O–H groups in total. The van der Waals surface area contributed by atoms with E-state index in [1.807, 2.05) is 20.8 Å². The van der Waals surface area contributed by atoms with Crippen LogP contribution >= 0.6 is 0 Å². The van der Waals surface area contributed by atoms with Crippen molar-refractivity contribution in [3.8, 4) is 0 Å². The fourth-order valence-corrected chi connectivity index (χ4v) is 1.45. The summed E-state index contributed by atoms with van der Waals surface area (Å²) in [4.78, 5) is 33.2. The van der Waals surface area contributed by atoms with Gasteiger partial charge in [-0.2, -0.15) is 0 Å². The molecule has 110 valence electrons. The highest BCUT2D eigenvalue weighted by Crippen LogP contribution is 2.06. The van der Waals surface area contributed by atoms with Gasteiger partial charge in [0.15, 0.2) is 0 Å². The lowest BCUT2D eigenvalue weighted by molar-refractivity contribution is -0.139. The van der Waals surface area contributed by atoms with E-state index in [0.717, 1.165) is 6.42 Å². The minimum absolute atomic E-state index is 0.0181. The van der Waals surface area contributed by atoms with Gasteiger partial charge in [0, 0.05) is 12.5 Å². The molecule has 0 aliphatic carbocycles. The third kappa shape index (κ3) is 7.28. The highest BCUT2D eigenvalue weighted by Gasteiger charge is 2.21. The van der Waals surface area contributed by atoms with Gasteiger partial charge in [-0.15, -0.1) is 0 Å². The van der Waals surface area contributed by atoms with Crippen LogP contribution in [0.3, 0.4) is 0 Å². The molecule has 0 aliphatic heterocycles. The van der Waals surface area contributed by atoms with Crippen molar-refractivity contribution in [1.82, 2.24) is 10.6 Å². The maximum atomic E-state index is 11.6. The first-order valence-electron chi connectivity index (χ1n) is 6.36. The molecule has 0 bridgehead atoms. The number of aliphatic carboxylic acids is 1. The highest BCUT2D eigenvalue weighted by atomic mass is 16.4. The molecule has 0 radical (unpaired) electrons. The molecule has 0 aromatic carbocycles. The number of carboxylic acid groups (broad SMARTS) is 1. The maximum Gasteiger partial charge on any atom is 0.326 e. The molecule has 0 heterocycles. The molecule has 2 unspecified atom stereocenters. The summed E-state index contributed by atoms with van der Waals surface area (Å²) in [5.74, 6) is -1.49. The largest absolute Gasteiger partial charge is 0.480 e. The minimum atomic E-state index is -1.19. The van der Waals surface area contributed by atoms with Gasteiger partial charge in [0.25, 0.3) is 0 Å². The number of carboxylic acids is 1. The van der Waals surface area contributed by atoms with Gasteiger partial charge >= 0.3 is 12.0 Å². The number of primary amides is 1. The predicted octanol–water partition coefficient (Wildman–Crippen LogP) is 0.439. The van der Waals surface area contributed by atoms with Gasteiger partial charge in [-0.1, -0.05) is 20.3 Å². The molecule has 3 atom stereocenters. The Hall–Kier alpha value is -1.79. The summed E-state index contributed by atoms with van der Waals surface area (Å²) in [5, 5.41) is 13.9. The Kier molecular flexibility index (Phi) is 7.55. The van der Waals surface area contributed by atoms with Gasteiger partial charge in [0.2, 0.25) is 5.91 Å². The minimum Gasteiger partial charge on any atom is -0.480 e. The first-order chi connectivity index (χ1) is 8.77. The Balaban J connectivity index is 4.31. The summed E-state index contributed by atoms with van der Waals surface area (Å²) in [6, 6.07) is -1.73. The van der Waals surface area contributed by atoms with Crippen molar-refractivity contribution in [2.75, 3.05) is 0 Å². The Morgan fingerprint density at radius 1 is 1.21 bits per heavy atom. The number of urea groups is 1. The van der Waals surface area contributed by atoms with E-state index in [1.165, 1.54) is 0 Å². The molecule has 7 nitrogen and oxygen atoms in total. The molecule has 0 fully saturated rings. The monoisotopic (exact) mass is 273 g/mol. The molecule has 0 aliphatic rings. The fourth-order valence-electron chi connectivity index (χ4n) is 1.45. The van der Waals surface area contributed by atoms with Crippen LogP contribution in [-0.4, -0.2) is 35.1 Å². The average Bonchev–Trinajstić information content (AvgIpc) is 2.32. The standard InChI is InChI=1S/C12H23N3O4/c1-4-7(2)8(3)14-12(19)15-9(11(17)18)5-6-10(13)16/h7-9H,4-6H2,1-3H3,(H2,13,16)(H,17,18)(H2,14,15,19)/t7?,8?,9-/m1/s1. The fraction of sp³-hybridized carbons (Fsp3) is 0.750. The van der Waals surface area contributed by atoms with Crippen molar-refractivity contribution in [1.29, 1.82) is 0 Å². The molecule has 19 heavy (non-hydrogen) atoms. The number of hydrogen-bond acceptors (Lipinski definition) is 3. The molecule has 0 aromatic heterocycles. The van der Waals surface area contributed by atoms with E-state index in [0.29, 0.717) is 5.92 Å². The Bertz CT molecular complexity index is 333. The molecule has 0 saturated heterocycles. The van der Waals surface area contributed by atoms with Crippen LogP contribution in [-0.2, 0) is 9.59 Å². The van der Waals surface area contributed by atoms with Crippen molar-refractivity contribution in [3.05, 3.63) is 0 Å². The first-order valence-corrected chi connectivity index (χ1v) is 6.36. The van der Waals surface area contributed by atoms with Gasteiger partial charge in [-0.25, -0.2) is 9.59 Å². The zero-order valence-corrected chi connectivity index (χ0v) is 11.6. The molecule has 0 spiro atoms. The van der Waals surface area contributed by atoms with Gasteiger partial charge in [-0.3, -0.25) is 4.79 Å². The van der Waals surface area contributed by atoms with E-state index in [-0.39, 0.29) is 18.9 Å². The second kappa shape index (κ2) is 8.34. The molecule has 0 saturated carbocycles. The van der Waals surface area contributed by atoms with E-state index in [9.17, 15) is 14.4 Å². The van der Waals surface area contributed by atoms with Gasteiger partial charge < -0.3 is 21.5 Å². The number of amides is 3. The summed E-state index contributed by atoms with van der Waals surface area (Å²) in [6.07, 6.45) is 0.805. The summed E-state index contributed by atoms with van der Waals surface area (Å²) in [6.45, 7) is 5.85. The molecular formula is C12H23N3O4. The van der Waals surface area contributed by atoms with Crippen LogP contribution < -0.4 is 16.4 Å². The Morgan fingerprint density at radius 3 is 2.21 bits per heavy atom. The van der Waals surface area contributed by atoms with Crippen LogP contribution in [0.1, 0.15) is 40.0 Å². The SMILES string of the molecule is CCC(C)C(C)NC(=O)N[C@H](CCC(N)=O)C(=O)O. The normalized spacial score (nSPS) is 15.1. The first kappa shape index (κ1) is 17.2. The van der Waals surface area contributed by atoms with Gasteiger partial charge in [0.05, 0.1) is 0 Å². The maximum absolute atomic E-state index is 11.6. The lowest BCUT2D eigenvalue weighted by Crippen LogP contribution is -2.49. The predicted molar refractivity (Wildman–Crippen MR) is 70.4 cm³/mol. The second-order valence-corrected chi connectivity index (χ2v) is 4.69. The van der Waals surface area contributed by atoms with Crippen molar-refractivity contribution in [2.24, 2.45) is 11.7 Å². The van der Waals surface area contributed by atoms with Crippen LogP contribution in [0.2, 0.25) is 0 Å². The summed E-state index contributed by atoms with van der Waals surface area (Å²) in [5.41, 5.74) is 4.95. The number of nitrogens with one attached hydrogen (secondary N) is 2. The van der Waals surface area contributed by atoms with Crippen LogP contribution in [0, 0.1) is 5.92 Å². The smallest absolute Gasteiger partial charge is 0.326 e. The number of rotatable bonds is 8. The zero-order valence-electron chi connectivity index (χ0n) is 11.6. The Labute approximate surface area is 112 Å². The van der Waals surface area contributed by atoms with Crippen molar-refractivity contribution in [2.45, 2.75) is 52.1 Å². The van der Waals surface area contributed by atoms with Crippen LogP contribution in [0.15, 0.2) is 0 Å². The number of hydrogen-bond donors (Lipinski definition) is 4. The number of carbonyl (C=O) groups excluding carboxylic acids is 2. The molecule has 0 rings (SSSR count). The zero-order chi connectivity index (χ0) is 15.0. The van der Waals surface area contributed by atoms with E-state index < -0.39 is 23.9 Å². The van der Waals surface area contributed by atoms with Gasteiger partial charge in [0.1, 0.15) is 6.04 Å². The van der Waals surface area contributed by atoms with E-state index in [1.54, 1.807) is 0 Å². The third-order valence-corrected chi connectivity index (χ3v) is 3.14. The molecule has 0 aromatic rings. The van der Waals surface area contributed by atoms with Crippen molar-refractivity contribution in [3.63, 3.8) is 0 Å². The summed E-state index contributed by atoms with van der Waals surface area (Å²) < 4.78 is 0. The van der Waals surface area contributed by atoms with E-state index in [4.69, 9.17) is 10.8 Å². The topological polar surface area (TPSA) is 122 Å². The average molecular weight is 273 g/mol. The number of nitrogens with two attached hydrogens (primary N) is 1. The molecular weight excluding hydrogens is 250 g/mol. The molecule has 3 amide bonds. The van der Waals surface area contributed by atoms with Gasteiger partial charge in [-0.05, 0) is 19.3 Å². The summed E-state index contributed by atoms with van der Waals surface area (Å²) >= 11 is 0. The quantitative estimate of drug-likeness (QED) is 0.512.